The van der Waals surface area contributed by atoms with E-state index in [0.29, 0.717) is 52.8 Å². The topological polar surface area (TPSA) is 135 Å². The zero-order valence-electron chi connectivity index (χ0n) is 18.7. The lowest BCUT2D eigenvalue weighted by Crippen LogP contribution is -2.35. The maximum absolute atomic E-state index is 12.5. The van der Waals surface area contributed by atoms with Crippen LogP contribution in [-0.4, -0.2) is 66.5 Å². The number of amides is 3. The van der Waals surface area contributed by atoms with Crippen molar-refractivity contribution in [1.82, 2.24) is 15.3 Å². The molecule has 3 amide bonds. The molecule has 1 fully saturated rings. The number of aromatic nitrogens is 2. The van der Waals surface area contributed by atoms with Gasteiger partial charge in [0.05, 0.1) is 42.8 Å². The van der Waals surface area contributed by atoms with Crippen LogP contribution in [0.1, 0.15) is 0 Å². The third kappa shape index (κ3) is 4.98. The number of nitrogens with zero attached hydrogens (tertiary/aromatic N) is 3. The van der Waals surface area contributed by atoms with Gasteiger partial charge in [0.1, 0.15) is 11.6 Å². The number of thioether (sulfide) groups is 1. The molecule has 1 saturated heterocycles. The molecule has 3 aromatic rings. The lowest BCUT2D eigenvalue weighted by Gasteiger charge is -2.20. The minimum Gasteiger partial charge on any atom is -0.481 e. The van der Waals surface area contributed by atoms with E-state index < -0.39 is 12.2 Å². The maximum Gasteiger partial charge on any atom is 0.414 e. The zero-order valence-corrected chi connectivity index (χ0v) is 19.6. The molecule has 1 atom stereocenters. The summed E-state index contributed by atoms with van der Waals surface area (Å²) in [6.45, 7) is 0.645. The van der Waals surface area contributed by atoms with E-state index in [9.17, 15) is 14.4 Å². The van der Waals surface area contributed by atoms with Crippen LogP contribution < -0.4 is 25.6 Å². The predicted octanol–water partition coefficient (Wildman–Crippen LogP) is 2.24. The first-order valence-corrected chi connectivity index (χ1v) is 11.8. The molecule has 1 aromatic carbocycles. The molecule has 5 rings (SSSR count). The normalized spacial score (nSPS) is 17.1. The van der Waals surface area contributed by atoms with Gasteiger partial charge in [-0.15, -0.1) is 11.8 Å². The average Bonchev–Trinajstić information content (AvgIpc) is 3.23. The molecule has 2 aliphatic rings. The number of benzene rings is 1. The molecule has 0 aliphatic carbocycles. The lowest BCUT2D eigenvalue weighted by atomic mass is 10.2. The molecule has 11 nitrogen and oxygen atoms in total. The van der Waals surface area contributed by atoms with Crippen LogP contribution in [0, 0.1) is 0 Å². The summed E-state index contributed by atoms with van der Waals surface area (Å²) in [7, 11) is 1.52. The Kier molecular flexibility index (Phi) is 6.38. The number of methoxy groups -OCH3 is 1. The van der Waals surface area contributed by atoms with Gasteiger partial charge in [-0.25, -0.2) is 9.78 Å². The number of rotatable bonds is 7. The summed E-state index contributed by atoms with van der Waals surface area (Å²) in [5.41, 5.74) is 3.02. The van der Waals surface area contributed by atoms with Crippen LogP contribution in [0.15, 0.2) is 47.5 Å². The van der Waals surface area contributed by atoms with Crippen LogP contribution in [-0.2, 0) is 14.3 Å². The van der Waals surface area contributed by atoms with Gasteiger partial charge in [0.25, 0.3) is 0 Å². The molecule has 0 spiro atoms. The highest BCUT2D eigenvalue weighted by Gasteiger charge is 2.33. The average molecular weight is 495 g/mol. The van der Waals surface area contributed by atoms with Crippen molar-refractivity contribution in [1.29, 1.82) is 0 Å². The van der Waals surface area contributed by atoms with Gasteiger partial charge in [-0.05, 0) is 30.3 Å². The lowest BCUT2D eigenvalue weighted by molar-refractivity contribution is -0.115. The zero-order chi connectivity index (χ0) is 24.4. The summed E-state index contributed by atoms with van der Waals surface area (Å²) in [5, 5.41) is 8.68. The van der Waals surface area contributed by atoms with Crippen molar-refractivity contribution >= 4 is 57.8 Å². The Balaban J connectivity index is 1.15. The minimum absolute atomic E-state index is 0.0178. The monoisotopic (exact) mass is 494 g/mol. The van der Waals surface area contributed by atoms with E-state index in [1.165, 1.54) is 23.8 Å². The van der Waals surface area contributed by atoms with Crippen LogP contribution in [0.2, 0.25) is 0 Å². The second kappa shape index (κ2) is 9.76. The second-order valence-corrected chi connectivity index (χ2v) is 8.91. The molecule has 2 aromatic heterocycles. The Hall–Kier alpha value is -3.90. The fourth-order valence-corrected chi connectivity index (χ4v) is 4.63. The number of pyridine rings is 2. The molecule has 35 heavy (non-hydrogen) atoms. The first kappa shape index (κ1) is 22.9. The van der Waals surface area contributed by atoms with E-state index in [2.05, 4.69) is 25.9 Å². The van der Waals surface area contributed by atoms with E-state index in [-0.39, 0.29) is 18.4 Å². The second-order valence-electron chi connectivity index (χ2n) is 7.89. The van der Waals surface area contributed by atoms with Gasteiger partial charge >= 0.3 is 6.09 Å². The number of ether oxygens (including phenoxy) is 2. The molecule has 0 saturated carbocycles. The number of fused-ring (bicyclic) bond motifs is 2. The Morgan fingerprint density at radius 3 is 3.03 bits per heavy atom. The molecule has 0 unspecified atom stereocenters. The van der Waals surface area contributed by atoms with Crippen LogP contribution in [0.25, 0.3) is 11.0 Å². The fraction of sp³-hybridized carbons (Fsp3) is 0.261. The van der Waals surface area contributed by atoms with Crippen LogP contribution in [0.4, 0.5) is 21.9 Å². The van der Waals surface area contributed by atoms with Crippen molar-refractivity contribution < 1.29 is 23.9 Å². The Bertz CT molecular complexity index is 1320. The van der Waals surface area contributed by atoms with E-state index in [0.717, 1.165) is 4.90 Å². The number of cyclic esters (lactones) is 1. The summed E-state index contributed by atoms with van der Waals surface area (Å²) < 4.78 is 10.6. The Morgan fingerprint density at radius 1 is 1.29 bits per heavy atom. The Morgan fingerprint density at radius 2 is 2.17 bits per heavy atom. The number of hydrogen-bond acceptors (Lipinski definition) is 9. The first-order valence-electron chi connectivity index (χ1n) is 10.9. The van der Waals surface area contributed by atoms with Crippen molar-refractivity contribution in [3.8, 4) is 5.88 Å². The molecular weight excluding hydrogens is 472 g/mol. The van der Waals surface area contributed by atoms with E-state index >= 15 is 0 Å². The molecule has 180 valence electrons. The summed E-state index contributed by atoms with van der Waals surface area (Å²) in [4.78, 5) is 47.6. The minimum atomic E-state index is -0.473. The standard InChI is InChI=1S/C23H22N6O5S/c1-33-21-5-3-15-22(28-21)16(6-7-25-15)26-19(30)10-24-9-14-11-29(23(32)34-14)13-2-4-18-17(8-13)27-20(31)12-35-18/h2-8,14,24H,9-12H2,1H3,(H,27,31)(H,25,26,30)/t14-/m1/s1. The van der Waals surface area contributed by atoms with Gasteiger partial charge in [0, 0.05) is 29.4 Å². The van der Waals surface area contributed by atoms with E-state index in [1.807, 2.05) is 12.1 Å². The number of anilines is 3. The van der Waals surface area contributed by atoms with Gasteiger partial charge in [0.2, 0.25) is 17.7 Å². The van der Waals surface area contributed by atoms with Crippen molar-refractivity contribution in [2.75, 3.05) is 48.0 Å². The van der Waals surface area contributed by atoms with Gasteiger partial charge in [0.15, 0.2) is 0 Å². The van der Waals surface area contributed by atoms with Crippen LogP contribution in [0.3, 0.4) is 0 Å². The molecule has 3 N–H and O–H groups in total. The van der Waals surface area contributed by atoms with Crippen molar-refractivity contribution in [3.63, 3.8) is 0 Å². The third-order valence-electron chi connectivity index (χ3n) is 5.48. The largest absolute Gasteiger partial charge is 0.481 e. The summed E-state index contributed by atoms with van der Waals surface area (Å²) in [6.07, 6.45) is 0.693. The Labute approximate surface area is 204 Å². The van der Waals surface area contributed by atoms with E-state index in [4.69, 9.17) is 9.47 Å². The number of carbonyl (C=O) groups is 3. The molecule has 0 bridgehead atoms. The number of carbonyl (C=O) groups excluding carboxylic acids is 3. The van der Waals surface area contributed by atoms with Crippen molar-refractivity contribution in [2.45, 2.75) is 11.0 Å². The van der Waals surface area contributed by atoms with Crippen LogP contribution in [0.5, 0.6) is 5.88 Å². The van der Waals surface area contributed by atoms with Gasteiger partial charge in [-0.1, -0.05) is 0 Å². The van der Waals surface area contributed by atoms with Crippen molar-refractivity contribution in [3.05, 3.63) is 42.6 Å². The van der Waals surface area contributed by atoms with E-state index in [1.54, 1.807) is 30.5 Å². The third-order valence-corrected chi connectivity index (χ3v) is 6.55. The highest BCUT2D eigenvalue weighted by atomic mass is 32.2. The number of nitrogens with one attached hydrogen (secondary N) is 3. The predicted molar refractivity (Wildman–Crippen MR) is 131 cm³/mol. The summed E-state index contributed by atoms with van der Waals surface area (Å²) in [5.74, 6) is 0.457. The van der Waals surface area contributed by atoms with Gasteiger partial charge < -0.3 is 25.4 Å². The molecule has 4 heterocycles. The van der Waals surface area contributed by atoms with Gasteiger partial charge in [-0.3, -0.25) is 19.5 Å². The first-order chi connectivity index (χ1) is 17.0. The summed E-state index contributed by atoms with van der Waals surface area (Å²) in [6, 6.07) is 10.6. The summed E-state index contributed by atoms with van der Waals surface area (Å²) >= 11 is 1.46. The highest BCUT2D eigenvalue weighted by molar-refractivity contribution is 8.00. The van der Waals surface area contributed by atoms with Crippen LogP contribution >= 0.6 is 11.8 Å². The molecule has 2 aliphatic heterocycles. The van der Waals surface area contributed by atoms with Gasteiger partial charge in [-0.2, -0.15) is 0 Å². The molecule has 12 heteroatoms. The fourth-order valence-electron chi connectivity index (χ4n) is 3.84. The molecular formula is C23H22N6O5S. The highest BCUT2D eigenvalue weighted by Crippen LogP contribution is 2.35. The smallest absolute Gasteiger partial charge is 0.414 e. The SMILES string of the molecule is COc1ccc2nccc(NC(=O)CNC[C@@H]3CN(c4ccc5c(c4)NC(=O)CS5)C(=O)O3)c2n1. The quantitative estimate of drug-likeness (QED) is 0.452. The molecule has 0 radical (unpaired) electrons. The number of hydrogen-bond donors (Lipinski definition) is 3. The maximum atomic E-state index is 12.5. The van der Waals surface area contributed by atoms with Crippen molar-refractivity contribution in [2.24, 2.45) is 0 Å².